The van der Waals surface area contributed by atoms with Crippen LogP contribution in [0.4, 0.5) is 5.95 Å². The Kier molecular flexibility index (Phi) is 4.99. The molecule has 1 aromatic rings. The Hall–Kier alpha value is -0.440. The topological polar surface area (TPSA) is 66.4 Å². The van der Waals surface area contributed by atoms with E-state index in [1.807, 2.05) is 4.90 Å². The van der Waals surface area contributed by atoms with E-state index in [1.165, 1.54) is 4.31 Å². The molecule has 0 atom stereocenters. The number of rotatable bonds is 4. The van der Waals surface area contributed by atoms with Gasteiger partial charge in [-0.15, -0.1) is 11.6 Å². The maximum absolute atomic E-state index is 11.9. The van der Waals surface area contributed by atoms with Crippen molar-refractivity contribution in [2.75, 3.05) is 42.7 Å². The molecule has 6 nitrogen and oxygen atoms in total. The molecule has 2 rings (SSSR count). The van der Waals surface area contributed by atoms with E-state index in [0.29, 0.717) is 32.1 Å². The predicted molar refractivity (Wildman–Crippen MR) is 78.0 cm³/mol. The first-order valence-electron chi connectivity index (χ1n) is 5.79. The van der Waals surface area contributed by atoms with Crippen LogP contribution in [0.25, 0.3) is 0 Å². The molecule has 1 aliphatic rings. The number of hydrogen-bond acceptors (Lipinski definition) is 5. The molecule has 0 spiro atoms. The number of nitrogens with zero attached hydrogens (tertiary/aromatic N) is 4. The van der Waals surface area contributed by atoms with Gasteiger partial charge >= 0.3 is 0 Å². The van der Waals surface area contributed by atoms with Crippen LogP contribution in [-0.2, 0) is 10.0 Å². The van der Waals surface area contributed by atoms with E-state index < -0.39 is 10.0 Å². The monoisotopic (exact) mass is 368 g/mol. The van der Waals surface area contributed by atoms with Gasteiger partial charge in [-0.05, 0) is 15.9 Å². The maximum Gasteiger partial charge on any atom is 0.225 e. The SMILES string of the molecule is O=S(=O)(CCCl)N1CCN(c2ncc(Br)cn2)CC1. The molecular weight excluding hydrogens is 356 g/mol. The number of piperazine rings is 1. The van der Waals surface area contributed by atoms with Gasteiger partial charge in [-0.2, -0.15) is 4.31 Å². The van der Waals surface area contributed by atoms with E-state index in [0.717, 1.165) is 4.47 Å². The molecule has 0 N–H and O–H groups in total. The van der Waals surface area contributed by atoms with Crippen LogP contribution in [-0.4, -0.2) is 60.5 Å². The smallest absolute Gasteiger partial charge is 0.225 e. The molecule has 19 heavy (non-hydrogen) atoms. The van der Waals surface area contributed by atoms with Gasteiger partial charge in [0.1, 0.15) is 0 Å². The highest BCUT2D eigenvalue weighted by molar-refractivity contribution is 9.10. The maximum atomic E-state index is 11.9. The molecule has 2 heterocycles. The van der Waals surface area contributed by atoms with Crippen molar-refractivity contribution < 1.29 is 8.42 Å². The van der Waals surface area contributed by atoms with Crippen LogP contribution in [0.1, 0.15) is 0 Å². The van der Waals surface area contributed by atoms with Gasteiger partial charge in [0, 0.05) is 44.5 Å². The summed E-state index contributed by atoms with van der Waals surface area (Å²) in [5.74, 6) is 0.736. The van der Waals surface area contributed by atoms with Gasteiger partial charge < -0.3 is 4.90 Å². The molecule has 0 aromatic carbocycles. The lowest BCUT2D eigenvalue weighted by Gasteiger charge is -2.33. The molecule has 0 unspecified atom stereocenters. The molecule has 9 heteroatoms. The Morgan fingerprint density at radius 3 is 2.32 bits per heavy atom. The Bertz CT molecular complexity index is 517. The molecule has 0 amide bonds. The van der Waals surface area contributed by atoms with Crippen LogP contribution in [0, 0.1) is 0 Å². The van der Waals surface area contributed by atoms with Gasteiger partial charge in [0.2, 0.25) is 16.0 Å². The summed E-state index contributed by atoms with van der Waals surface area (Å²) in [5, 5.41) is 0. The zero-order valence-electron chi connectivity index (χ0n) is 10.2. The van der Waals surface area contributed by atoms with Crippen molar-refractivity contribution >= 4 is 43.5 Å². The predicted octanol–water partition coefficient (Wildman–Crippen LogP) is 0.930. The first kappa shape index (κ1) is 15.0. The second kappa shape index (κ2) is 6.34. The minimum absolute atomic E-state index is 0.0106. The molecule has 106 valence electrons. The number of aromatic nitrogens is 2. The lowest BCUT2D eigenvalue weighted by atomic mass is 10.4. The van der Waals surface area contributed by atoms with Crippen LogP contribution >= 0.6 is 27.5 Å². The minimum atomic E-state index is -3.22. The fraction of sp³-hybridized carbons (Fsp3) is 0.600. The second-order valence-corrected chi connectivity index (χ2v) is 7.47. The van der Waals surface area contributed by atoms with Crippen LogP contribution in [0.5, 0.6) is 0 Å². The lowest BCUT2D eigenvalue weighted by Crippen LogP contribution is -2.49. The van der Waals surface area contributed by atoms with Crippen molar-refractivity contribution in [1.29, 1.82) is 0 Å². The van der Waals surface area contributed by atoms with Crippen molar-refractivity contribution in [2.24, 2.45) is 0 Å². The number of anilines is 1. The molecule has 1 aliphatic heterocycles. The number of sulfonamides is 1. The van der Waals surface area contributed by atoms with Crippen molar-refractivity contribution in [3.05, 3.63) is 16.9 Å². The van der Waals surface area contributed by atoms with Crippen LogP contribution < -0.4 is 4.90 Å². The second-order valence-electron chi connectivity index (χ2n) is 4.09. The Labute approximate surface area is 126 Å². The van der Waals surface area contributed by atoms with E-state index in [2.05, 4.69) is 25.9 Å². The third-order valence-electron chi connectivity index (χ3n) is 2.86. The van der Waals surface area contributed by atoms with Gasteiger partial charge in [-0.25, -0.2) is 18.4 Å². The fourth-order valence-corrected chi connectivity index (χ4v) is 3.82. The van der Waals surface area contributed by atoms with Gasteiger partial charge in [-0.1, -0.05) is 0 Å². The average Bonchev–Trinajstić information content (AvgIpc) is 2.40. The van der Waals surface area contributed by atoms with Crippen LogP contribution in [0.15, 0.2) is 16.9 Å². The summed E-state index contributed by atoms with van der Waals surface area (Å²) in [6.45, 7) is 2.06. The molecule has 0 saturated carbocycles. The van der Waals surface area contributed by atoms with E-state index in [1.54, 1.807) is 12.4 Å². The molecule has 0 bridgehead atoms. The van der Waals surface area contributed by atoms with Crippen LogP contribution in [0.2, 0.25) is 0 Å². The molecule has 1 aromatic heterocycles. The van der Waals surface area contributed by atoms with Crippen molar-refractivity contribution in [3.8, 4) is 0 Å². The molecule has 0 aliphatic carbocycles. The minimum Gasteiger partial charge on any atom is -0.338 e. The third-order valence-corrected chi connectivity index (χ3v) is 5.55. The third kappa shape index (κ3) is 3.77. The summed E-state index contributed by atoms with van der Waals surface area (Å²) in [7, 11) is -3.22. The van der Waals surface area contributed by atoms with Crippen molar-refractivity contribution in [2.45, 2.75) is 0 Å². The highest BCUT2D eigenvalue weighted by atomic mass is 79.9. The van der Waals surface area contributed by atoms with Gasteiger partial charge in [0.25, 0.3) is 0 Å². The highest BCUT2D eigenvalue weighted by Gasteiger charge is 2.27. The first-order valence-corrected chi connectivity index (χ1v) is 8.73. The molecule has 0 radical (unpaired) electrons. The normalized spacial score (nSPS) is 17.7. The largest absolute Gasteiger partial charge is 0.338 e. The van der Waals surface area contributed by atoms with E-state index >= 15 is 0 Å². The summed E-state index contributed by atoms with van der Waals surface area (Å²) in [5.41, 5.74) is 0. The molecular formula is C10H14BrClN4O2S. The number of alkyl halides is 1. The standard InChI is InChI=1S/C10H14BrClN4O2S/c11-9-7-13-10(14-8-9)15-2-4-16(5-3-15)19(17,18)6-1-12/h7-8H,1-6H2. The zero-order chi connectivity index (χ0) is 13.9. The quantitative estimate of drug-likeness (QED) is 0.739. The molecule has 1 saturated heterocycles. The first-order chi connectivity index (χ1) is 9.03. The van der Waals surface area contributed by atoms with Gasteiger partial charge in [0.05, 0.1) is 10.2 Å². The molecule has 1 fully saturated rings. The Morgan fingerprint density at radius 2 is 1.79 bits per heavy atom. The van der Waals surface area contributed by atoms with Gasteiger partial charge in [-0.3, -0.25) is 0 Å². The summed E-state index contributed by atoms with van der Waals surface area (Å²) in [6, 6.07) is 0. The number of halogens is 2. The Balaban J connectivity index is 1.98. The number of hydrogen-bond donors (Lipinski definition) is 0. The van der Waals surface area contributed by atoms with Crippen LogP contribution in [0.3, 0.4) is 0 Å². The summed E-state index contributed by atoms with van der Waals surface area (Å²) in [6.07, 6.45) is 3.36. The van der Waals surface area contributed by atoms with E-state index in [9.17, 15) is 8.42 Å². The van der Waals surface area contributed by atoms with Gasteiger partial charge in [0.15, 0.2) is 0 Å². The summed E-state index contributed by atoms with van der Waals surface area (Å²) in [4.78, 5) is 10.4. The highest BCUT2D eigenvalue weighted by Crippen LogP contribution is 2.15. The van der Waals surface area contributed by atoms with Crippen molar-refractivity contribution in [1.82, 2.24) is 14.3 Å². The Morgan fingerprint density at radius 1 is 1.21 bits per heavy atom. The van der Waals surface area contributed by atoms with E-state index in [4.69, 9.17) is 11.6 Å². The zero-order valence-corrected chi connectivity index (χ0v) is 13.3. The fourth-order valence-electron chi connectivity index (χ4n) is 1.86. The average molecular weight is 370 g/mol. The van der Waals surface area contributed by atoms with E-state index in [-0.39, 0.29) is 11.6 Å². The summed E-state index contributed by atoms with van der Waals surface area (Å²) >= 11 is 8.78. The van der Waals surface area contributed by atoms with Crippen molar-refractivity contribution in [3.63, 3.8) is 0 Å². The lowest BCUT2D eigenvalue weighted by molar-refractivity contribution is 0.383. The summed E-state index contributed by atoms with van der Waals surface area (Å²) < 4.78 is 26.0.